The molecule has 1 aromatic rings. The number of Topliss-reactive ketones (excluding diaryl/α,β-unsaturated/α-hetero) is 1. The number of amides is 1. The predicted octanol–water partition coefficient (Wildman–Crippen LogP) is -0.0866. The van der Waals surface area contributed by atoms with Gasteiger partial charge >= 0.3 is 11.9 Å². The number of carboxylic acids is 2. The van der Waals surface area contributed by atoms with E-state index in [1.54, 1.807) is 18.2 Å². The van der Waals surface area contributed by atoms with Crippen LogP contribution in [0.2, 0.25) is 0 Å². The molecular weight excluding hydrogens is 254 g/mol. The number of hydrogen-bond donors (Lipinski definition) is 3. The van der Waals surface area contributed by atoms with E-state index in [4.69, 9.17) is 10.2 Å². The van der Waals surface area contributed by atoms with Crippen molar-refractivity contribution >= 4 is 23.6 Å². The Labute approximate surface area is 107 Å². The van der Waals surface area contributed by atoms with Crippen molar-refractivity contribution in [3.05, 3.63) is 35.9 Å². The number of carbonyl (C=O) groups is 4. The number of hydrogen-bond acceptors (Lipinski definition) is 4. The molecule has 1 aromatic carbocycles. The van der Waals surface area contributed by atoms with Crippen molar-refractivity contribution in [1.29, 1.82) is 0 Å². The molecule has 7 nitrogen and oxygen atoms in total. The Morgan fingerprint density at radius 3 is 2.11 bits per heavy atom. The van der Waals surface area contributed by atoms with Gasteiger partial charge in [0.2, 0.25) is 5.78 Å². The van der Waals surface area contributed by atoms with Crippen LogP contribution in [-0.2, 0) is 14.4 Å². The molecule has 19 heavy (non-hydrogen) atoms. The highest BCUT2D eigenvalue weighted by molar-refractivity contribution is 6.43. The van der Waals surface area contributed by atoms with Gasteiger partial charge in [-0.2, -0.15) is 0 Å². The molecule has 0 aliphatic rings. The van der Waals surface area contributed by atoms with E-state index in [9.17, 15) is 19.2 Å². The van der Waals surface area contributed by atoms with E-state index in [1.807, 2.05) is 5.32 Å². The van der Waals surface area contributed by atoms with Gasteiger partial charge < -0.3 is 15.5 Å². The lowest BCUT2D eigenvalue weighted by Crippen LogP contribution is -2.45. The summed E-state index contributed by atoms with van der Waals surface area (Å²) in [5.41, 5.74) is 0.0967. The molecule has 0 bridgehead atoms. The lowest BCUT2D eigenvalue weighted by molar-refractivity contribution is -0.146. The third kappa shape index (κ3) is 4.23. The zero-order valence-electron chi connectivity index (χ0n) is 9.70. The van der Waals surface area contributed by atoms with E-state index in [0.29, 0.717) is 0 Å². The summed E-state index contributed by atoms with van der Waals surface area (Å²) in [6.45, 7) is 0. The maximum Gasteiger partial charge on any atom is 0.326 e. The smallest absolute Gasteiger partial charge is 0.326 e. The Balaban J connectivity index is 2.75. The maximum absolute atomic E-state index is 11.6. The summed E-state index contributed by atoms with van der Waals surface area (Å²) < 4.78 is 0. The largest absolute Gasteiger partial charge is 0.481 e. The average Bonchev–Trinajstić information content (AvgIpc) is 2.37. The minimum absolute atomic E-state index is 0.0967. The van der Waals surface area contributed by atoms with E-state index in [0.717, 1.165) is 0 Å². The van der Waals surface area contributed by atoms with Crippen LogP contribution in [0.15, 0.2) is 30.3 Å². The van der Waals surface area contributed by atoms with Crippen LogP contribution in [0.5, 0.6) is 0 Å². The molecule has 100 valence electrons. The van der Waals surface area contributed by atoms with E-state index in [2.05, 4.69) is 0 Å². The quantitative estimate of drug-likeness (QED) is 0.488. The Bertz CT molecular complexity index is 510. The molecule has 0 spiro atoms. The van der Waals surface area contributed by atoms with Crippen molar-refractivity contribution in [1.82, 2.24) is 5.32 Å². The number of carboxylic acid groups (broad SMARTS) is 2. The summed E-state index contributed by atoms with van der Waals surface area (Å²) in [7, 11) is 0. The number of carbonyl (C=O) groups excluding carboxylic acids is 2. The van der Waals surface area contributed by atoms with Crippen LogP contribution in [0.3, 0.4) is 0 Å². The summed E-state index contributed by atoms with van der Waals surface area (Å²) >= 11 is 0. The van der Waals surface area contributed by atoms with E-state index in [1.165, 1.54) is 12.1 Å². The average molecular weight is 265 g/mol. The molecule has 0 unspecified atom stereocenters. The second-order valence-electron chi connectivity index (χ2n) is 3.66. The number of aliphatic carboxylic acids is 2. The van der Waals surface area contributed by atoms with Gasteiger partial charge in [0.25, 0.3) is 5.91 Å². The van der Waals surface area contributed by atoms with Gasteiger partial charge in [0.1, 0.15) is 6.04 Å². The van der Waals surface area contributed by atoms with Crippen LogP contribution in [-0.4, -0.2) is 39.9 Å². The van der Waals surface area contributed by atoms with E-state index >= 15 is 0 Å². The Morgan fingerprint density at radius 1 is 1.05 bits per heavy atom. The first-order valence-corrected chi connectivity index (χ1v) is 5.26. The molecule has 0 saturated carbocycles. The van der Waals surface area contributed by atoms with Crippen LogP contribution < -0.4 is 5.32 Å². The summed E-state index contributed by atoms with van der Waals surface area (Å²) in [5.74, 6) is -4.98. The molecule has 7 heteroatoms. The van der Waals surface area contributed by atoms with Crippen molar-refractivity contribution in [3.8, 4) is 0 Å². The van der Waals surface area contributed by atoms with Gasteiger partial charge in [-0.1, -0.05) is 30.3 Å². The standard InChI is InChI=1S/C12H11NO6/c14-9(15)6-8(12(18)19)13-11(17)10(16)7-4-2-1-3-5-7/h1-5,8H,6H2,(H,13,17)(H,14,15)(H,18,19)/t8-/m0/s1. The van der Waals surface area contributed by atoms with Crippen LogP contribution in [0.1, 0.15) is 16.8 Å². The Morgan fingerprint density at radius 2 is 1.63 bits per heavy atom. The molecule has 0 aliphatic carbocycles. The molecule has 0 aliphatic heterocycles. The molecule has 0 saturated heterocycles. The molecular formula is C12H11NO6. The number of benzene rings is 1. The van der Waals surface area contributed by atoms with Crippen molar-refractivity contribution in [2.75, 3.05) is 0 Å². The second kappa shape index (κ2) is 6.29. The van der Waals surface area contributed by atoms with Gasteiger partial charge in [-0.15, -0.1) is 0 Å². The summed E-state index contributed by atoms with van der Waals surface area (Å²) in [6.07, 6.45) is -0.802. The Kier molecular flexibility index (Phi) is 4.76. The van der Waals surface area contributed by atoms with Gasteiger partial charge in [-0.25, -0.2) is 4.79 Å². The molecule has 0 aromatic heterocycles. The molecule has 1 amide bonds. The fourth-order valence-corrected chi connectivity index (χ4v) is 1.32. The van der Waals surface area contributed by atoms with Crippen molar-refractivity contribution in [2.24, 2.45) is 0 Å². The van der Waals surface area contributed by atoms with Crippen molar-refractivity contribution in [3.63, 3.8) is 0 Å². The normalized spacial score (nSPS) is 11.4. The van der Waals surface area contributed by atoms with Gasteiger partial charge in [-0.05, 0) is 0 Å². The molecule has 1 atom stereocenters. The third-order valence-electron chi connectivity index (χ3n) is 2.22. The zero-order valence-corrected chi connectivity index (χ0v) is 9.70. The van der Waals surface area contributed by atoms with Gasteiger partial charge in [0, 0.05) is 5.56 Å². The van der Waals surface area contributed by atoms with Gasteiger partial charge in [0.05, 0.1) is 6.42 Å². The van der Waals surface area contributed by atoms with Crippen LogP contribution in [0.25, 0.3) is 0 Å². The molecule has 3 N–H and O–H groups in total. The fraction of sp³-hybridized carbons (Fsp3) is 0.167. The number of ketones is 1. The van der Waals surface area contributed by atoms with Gasteiger partial charge in [-0.3, -0.25) is 14.4 Å². The fourth-order valence-electron chi connectivity index (χ4n) is 1.32. The number of nitrogens with one attached hydrogen (secondary N) is 1. The molecule has 0 heterocycles. The van der Waals surface area contributed by atoms with Crippen LogP contribution in [0.4, 0.5) is 0 Å². The van der Waals surface area contributed by atoms with E-state index in [-0.39, 0.29) is 5.56 Å². The zero-order chi connectivity index (χ0) is 14.4. The predicted molar refractivity (Wildman–Crippen MR) is 62.6 cm³/mol. The number of rotatable bonds is 6. The summed E-state index contributed by atoms with van der Waals surface area (Å²) in [6, 6.07) is 5.90. The summed E-state index contributed by atoms with van der Waals surface area (Å²) in [4.78, 5) is 44.3. The lowest BCUT2D eigenvalue weighted by Gasteiger charge is -2.11. The summed E-state index contributed by atoms with van der Waals surface area (Å²) in [5, 5.41) is 19.1. The first kappa shape index (κ1) is 14.4. The van der Waals surface area contributed by atoms with Gasteiger partial charge in [0.15, 0.2) is 0 Å². The first-order valence-electron chi connectivity index (χ1n) is 5.26. The Hall–Kier alpha value is -2.70. The first-order chi connectivity index (χ1) is 8.91. The van der Waals surface area contributed by atoms with E-state index < -0.39 is 36.1 Å². The molecule has 0 fully saturated rings. The second-order valence-corrected chi connectivity index (χ2v) is 3.66. The minimum Gasteiger partial charge on any atom is -0.481 e. The maximum atomic E-state index is 11.6. The third-order valence-corrected chi connectivity index (χ3v) is 2.22. The highest BCUT2D eigenvalue weighted by Gasteiger charge is 2.26. The SMILES string of the molecule is O=C(O)C[C@H](NC(=O)C(=O)c1ccccc1)C(=O)O. The topological polar surface area (TPSA) is 121 Å². The molecule has 0 radical (unpaired) electrons. The minimum atomic E-state index is -1.64. The lowest BCUT2D eigenvalue weighted by atomic mass is 10.1. The van der Waals surface area contributed by atoms with Crippen LogP contribution in [0, 0.1) is 0 Å². The highest BCUT2D eigenvalue weighted by atomic mass is 16.4. The molecule has 1 rings (SSSR count). The van der Waals surface area contributed by atoms with Crippen molar-refractivity contribution < 1.29 is 29.4 Å². The van der Waals surface area contributed by atoms with Crippen molar-refractivity contribution in [2.45, 2.75) is 12.5 Å². The highest BCUT2D eigenvalue weighted by Crippen LogP contribution is 2.01. The van der Waals surface area contributed by atoms with Crippen LogP contribution >= 0.6 is 0 Å². The monoisotopic (exact) mass is 265 g/mol.